The summed E-state index contributed by atoms with van der Waals surface area (Å²) < 4.78 is 12.0. The number of hydrogen-bond acceptors (Lipinski definition) is 2. The number of fused-ring (bicyclic) bond motifs is 2. The molecule has 1 heterocycles. The third-order valence-electron chi connectivity index (χ3n) is 4.77. The summed E-state index contributed by atoms with van der Waals surface area (Å²) in [6.45, 7) is 2.71. The van der Waals surface area contributed by atoms with Gasteiger partial charge in [-0.25, -0.2) is 5.32 Å². The van der Waals surface area contributed by atoms with Crippen LogP contribution >= 0.6 is 23.2 Å². The van der Waals surface area contributed by atoms with E-state index >= 15 is 0 Å². The third-order valence-corrected chi connectivity index (χ3v) is 5.36. The van der Waals surface area contributed by atoms with Gasteiger partial charge in [0.05, 0.1) is 6.61 Å². The summed E-state index contributed by atoms with van der Waals surface area (Å²) in [4.78, 5) is 0. The molecule has 2 aromatic rings. The predicted molar refractivity (Wildman–Crippen MR) is 95.1 cm³/mol. The quantitative estimate of drug-likeness (QED) is 0.812. The molecule has 1 fully saturated rings. The SMILES string of the molecule is Clc1ccc(COc2ccc3c(c2)CCC32C[N]CCO2)c(Cl)c1. The van der Waals surface area contributed by atoms with Gasteiger partial charge >= 0.3 is 0 Å². The Morgan fingerprint density at radius 3 is 2.88 bits per heavy atom. The van der Waals surface area contributed by atoms with Crippen molar-refractivity contribution < 1.29 is 9.47 Å². The summed E-state index contributed by atoms with van der Waals surface area (Å²) in [5.74, 6) is 0.851. The molecule has 1 aliphatic carbocycles. The molecule has 3 nitrogen and oxygen atoms in total. The highest BCUT2D eigenvalue weighted by Crippen LogP contribution is 2.42. The Morgan fingerprint density at radius 1 is 1.17 bits per heavy atom. The average Bonchev–Trinajstić information content (AvgIpc) is 2.92. The number of benzene rings is 2. The van der Waals surface area contributed by atoms with Crippen LogP contribution in [0, 0.1) is 0 Å². The third kappa shape index (κ3) is 3.02. The summed E-state index contributed by atoms with van der Waals surface area (Å²) in [5, 5.41) is 5.80. The zero-order valence-corrected chi connectivity index (χ0v) is 14.7. The van der Waals surface area contributed by atoms with Crippen molar-refractivity contribution in [3.05, 3.63) is 63.1 Å². The topological polar surface area (TPSA) is 32.6 Å². The molecule has 24 heavy (non-hydrogen) atoms. The van der Waals surface area contributed by atoms with E-state index < -0.39 is 0 Å². The van der Waals surface area contributed by atoms with Crippen LogP contribution in [0.5, 0.6) is 5.75 Å². The first-order chi connectivity index (χ1) is 11.7. The van der Waals surface area contributed by atoms with Gasteiger partial charge in [-0.15, -0.1) is 0 Å². The number of ether oxygens (including phenoxy) is 2. The van der Waals surface area contributed by atoms with Gasteiger partial charge in [0.1, 0.15) is 18.0 Å². The summed E-state index contributed by atoms with van der Waals surface area (Å²) >= 11 is 12.1. The Hall–Kier alpha value is -1.26. The van der Waals surface area contributed by atoms with Crippen molar-refractivity contribution in [3.8, 4) is 5.75 Å². The molecule has 4 rings (SSSR count). The Balaban J connectivity index is 1.50. The molecule has 0 aromatic heterocycles. The summed E-state index contributed by atoms with van der Waals surface area (Å²) in [5.41, 5.74) is 3.29. The lowest BCUT2D eigenvalue weighted by atomic mass is 9.94. The second-order valence-electron chi connectivity index (χ2n) is 6.29. The van der Waals surface area contributed by atoms with Crippen molar-refractivity contribution in [2.45, 2.75) is 25.0 Å². The van der Waals surface area contributed by atoms with E-state index in [-0.39, 0.29) is 5.60 Å². The van der Waals surface area contributed by atoms with Gasteiger partial charge in [0.2, 0.25) is 0 Å². The van der Waals surface area contributed by atoms with E-state index in [9.17, 15) is 0 Å². The Morgan fingerprint density at radius 2 is 2.08 bits per heavy atom. The van der Waals surface area contributed by atoms with Gasteiger partial charge in [0.25, 0.3) is 0 Å². The first kappa shape index (κ1) is 16.2. The van der Waals surface area contributed by atoms with Crippen LogP contribution in [0.4, 0.5) is 0 Å². The van der Waals surface area contributed by atoms with Crippen molar-refractivity contribution in [1.29, 1.82) is 0 Å². The van der Waals surface area contributed by atoms with Crippen LogP contribution in [0.15, 0.2) is 36.4 Å². The second-order valence-corrected chi connectivity index (χ2v) is 7.14. The minimum absolute atomic E-state index is 0.203. The van der Waals surface area contributed by atoms with E-state index in [0.29, 0.717) is 23.3 Å². The van der Waals surface area contributed by atoms with E-state index in [1.165, 1.54) is 11.1 Å². The molecular weight excluding hydrogens is 345 g/mol. The first-order valence-electron chi connectivity index (χ1n) is 8.14. The zero-order valence-electron chi connectivity index (χ0n) is 13.2. The standard InChI is InChI=1S/C19H18Cl2NO2/c20-15-2-1-14(18(21)10-15)11-23-16-3-4-17-13(9-16)5-6-19(17)12-22-7-8-24-19/h1-4,9-10H,5-8,11-12H2. The average molecular weight is 363 g/mol. The zero-order chi connectivity index (χ0) is 16.6. The fourth-order valence-corrected chi connectivity index (χ4v) is 3.97. The maximum Gasteiger partial charge on any atom is 0.120 e. The van der Waals surface area contributed by atoms with E-state index in [1.807, 2.05) is 18.2 Å². The van der Waals surface area contributed by atoms with Crippen molar-refractivity contribution in [1.82, 2.24) is 5.32 Å². The molecule has 1 atom stereocenters. The highest BCUT2D eigenvalue weighted by atomic mass is 35.5. The molecule has 1 spiro atoms. The highest BCUT2D eigenvalue weighted by Gasteiger charge is 2.41. The van der Waals surface area contributed by atoms with Crippen LogP contribution in [0.1, 0.15) is 23.1 Å². The van der Waals surface area contributed by atoms with Gasteiger partial charge in [-0.2, -0.15) is 0 Å². The van der Waals surface area contributed by atoms with Crippen LogP contribution < -0.4 is 10.1 Å². The minimum atomic E-state index is -0.203. The number of hydrogen-bond donors (Lipinski definition) is 0. The molecular formula is C19H18Cl2NO2. The Bertz CT molecular complexity index is 757. The van der Waals surface area contributed by atoms with Crippen LogP contribution in [0.3, 0.4) is 0 Å². The monoisotopic (exact) mass is 362 g/mol. The molecule has 1 saturated heterocycles. The molecule has 2 aromatic carbocycles. The summed E-state index contributed by atoms with van der Waals surface area (Å²) in [7, 11) is 0. The van der Waals surface area contributed by atoms with Crippen LogP contribution in [0.25, 0.3) is 0 Å². The lowest BCUT2D eigenvalue weighted by molar-refractivity contribution is -0.0708. The summed E-state index contributed by atoms with van der Waals surface area (Å²) in [6, 6.07) is 11.7. The fraction of sp³-hybridized carbons (Fsp3) is 0.368. The number of aryl methyl sites for hydroxylation is 1. The van der Waals surface area contributed by atoms with E-state index in [1.54, 1.807) is 6.07 Å². The highest BCUT2D eigenvalue weighted by molar-refractivity contribution is 6.35. The van der Waals surface area contributed by atoms with Gasteiger partial charge in [0.15, 0.2) is 0 Å². The summed E-state index contributed by atoms with van der Waals surface area (Å²) in [6.07, 6.45) is 2.00. The molecule has 5 heteroatoms. The molecule has 1 aliphatic heterocycles. The van der Waals surface area contributed by atoms with Gasteiger partial charge in [0, 0.05) is 28.7 Å². The number of morpholine rings is 1. The van der Waals surface area contributed by atoms with E-state index in [4.69, 9.17) is 32.7 Å². The van der Waals surface area contributed by atoms with Crippen molar-refractivity contribution in [3.63, 3.8) is 0 Å². The molecule has 1 radical (unpaired) electrons. The van der Waals surface area contributed by atoms with Crippen molar-refractivity contribution in [2.24, 2.45) is 0 Å². The van der Waals surface area contributed by atoms with Crippen molar-refractivity contribution >= 4 is 23.2 Å². The molecule has 0 N–H and O–H groups in total. The maximum absolute atomic E-state index is 6.20. The molecule has 0 bridgehead atoms. The van der Waals surface area contributed by atoms with Crippen LogP contribution in [-0.4, -0.2) is 19.7 Å². The van der Waals surface area contributed by atoms with Crippen molar-refractivity contribution in [2.75, 3.05) is 19.7 Å². The van der Waals surface area contributed by atoms with Gasteiger partial charge in [-0.1, -0.05) is 35.3 Å². The Labute approximate surface area is 151 Å². The van der Waals surface area contributed by atoms with E-state index in [0.717, 1.165) is 37.2 Å². The maximum atomic E-state index is 6.20. The second kappa shape index (κ2) is 6.57. The van der Waals surface area contributed by atoms with Gasteiger partial charge < -0.3 is 9.47 Å². The van der Waals surface area contributed by atoms with Gasteiger partial charge in [-0.3, -0.25) is 0 Å². The van der Waals surface area contributed by atoms with Crippen LogP contribution in [-0.2, 0) is 23.4 Å². The lowest BCUT2D eigenvalue weighted by Gasteiger charge is -2.34. The number of halogens is 2. The van der Waals surface area contributed by atoms with Crippen LogP contribution in [0.2, 0.25) is 10.0 Å². The first-order valence-corrected chi connectivity index (χ1v) is 8.89. The smallest absolute Gasteiger partial charge is 0.120 e. The van der Waals surface area contributed by atoms with E-state index in [2.05, 4.69) is 17.4 Å². The van der Waals surface area contributed by atoms with Gasteiger partial charge in [-0.05, 0) is 48.2 Å². The molecule has 0 saturated carbocycles. The number of nitrogens with zero attached hydrogens (tertiary/aromatic N) is 1. The largest absolute Gasteiger partial charge is 0.489 e. The molecule has 0 amide bonds. The number of rotatable bonds is 3. The fourth-order valence-electron chi connectivity index (χ4n) is 3.51. The molecule has 1 unspecified atom stereocenters. The Kier molecular flexibility index (Phi) is 4.44. The minimum Gasteiger partial charge on any atom is -0.489 e. The molecule has 125 valence electrons. The lowest BCUT2D eigenvalue weighted by Crippen LogP contribution is -2.42. The molecule has 2 aliphatic rings. The predicted octanol–water partition coefficient (Wildman–Crippen LogP) is 4.35. The normalized spacial score (nSPS) is 22.6.